The molecule has 0 unspecified atom stereocenters. The van der Waals surface area contributed by atoms with Crippen molar-refractivity contribution in [3.8, 4) is 17.2 Å². The Morgan fingerprint density at radius 2 is 1.72 bits per heavy atom. The first-order valence-corrected chi connectivity index (χ1v) is 10.2. The zero-order chi connectivity index (χ0) is 22.3. The number of hydrogen-bond acceptors (Lipinski definition) is 5. The number of para-hydroxylation sites is 1. The van der Waals surface area contributed by atoms with Crippen molar-refractivity contribution < 1.29 is 19.0 Å². The van der Waals surface area contributed by atoms with Gasteiger partial charge in [-0.2, -0.15) is 0 Å². The van der Waals surface area contributed by atoms with Crippen LogP contribution in [0.5, 0.6) is 17.2 Å². The molecule has 4 aromatic rings. The lowest BCUT2D eigenvalue weighted by molar-refractivity contribution is -0.132. The van der Waals surface area contributed by atoms with Gasteiger partial charge in [-0.1, -0.05) is 60.7 Å². The standard InChI is InChI=1S/C27H23NO4/c1-19(29)32-26-17-20(12-16-24(26)30-2)11-14-23-15-13-22-9-6-10-25(27(22)28-23)31-18-21-7-4-3-5-8-21/h3-17H,18H2,1-2H3/b14-11-. The van der Waals surface area contributed by atoms with E-state index in [1.165, 1.54) is 14.0 Å². The van der Waals surface area contributed by atoms with Crippen LogP contribution in [-0.2, 0) is 11.4 Å². The Bertz CT molecular complexity index is 1270. The van der Waals surface area contributed by atoms with Gasteiger partial charge in [-0.15, -0.1) is 0 Å². The highest BCUT2D eigenvalue weighted by Gasteiger charge is 2.08. The van der Waals surface area contributed by atoms with Crippen LogP contribution < -0.4 is 14.2 Å². The molecule has 1 aromatic heterocycles. The van der Waals surface area contributed by atoms with E-state index in [-0.39, 0.29) is 0 Å². The van der Waals surface area contributed by atoms with Crippen LogP contribution in [0.3, 0.4) is 0 Å². The van der Waals surface area contributed by atoms with Gasteiger partial charge in [0.15, 0.2) is 11.5 Å². The molecule has 0 amide bonds. The summed E-state index contributed by atoms with van der Waals surface area (Å²) in [6.45, 7) is 1.84. The minimum absolute atomic E-state index is 0.380. The van der Waals surface area contributed by atoms with Gasteiger partial charge in [0.05, 0.1) is 12.8 Å². The molecule has 0 spiro atoms. The number of methoxy groups -OCH3 is 1. The van der Waals surface area contributed by atoms with Crippen molar-refractivity contribution >= 4 is 29.0 Å². The molecule has 0 aliphatic heterocycles. The first kappa shape index (κ1) is 21.1. The fourth-order valence-corrected chi connectivity index (χ4v) is 3.29. The highest BCUT2D eigenvalue weighted by molar-refractivity contribution is 5.86. The van der Waals surface area contributed by atoms with E-state index in [0.717, 1.165) is 33.5 Å². The Kier molecular flexibility index (Phi) is 6.46. The van der Waals surface area contributed by atoms with Gasteiger partial charge in [-0.3, -0.25) is 4.79 Å². The Morgan fingerprint density at radius 3 is 2.50 bits per heavy atom. The van der Waals surface area contributed by atoms with E-state index in [9.17, 15) is 4.79 Å². The smallest absolute Gasteiger partial charge is 0.308 e. The Balaban J connectivity index is 1.58. The summed E-state index contributed by atoms with van der Waals surface area (Å²) >= 11 is 0. The molecule has 0 saturated carbocycles. The number of hydrogen-bond donors (Lipinski definition) is 0. The van der Waals surface area contributed by atoms with Crippen molar-refractivity contribution in [1.82, 2.24) is 4.98 Å². The maximum Gasteiger partial charge on any atom is 0.308 e. The molecule has 32 heavy (non-hydrogen) atoms. The first-order chi connectivity index (χ1) is 15.6. The molecule has 5 nitrogen and oxygen atoms in total. The first-order valence-electron chi connectivity index (χ1n) is 10.2. The SMILES string of the molecule is COc1ccc(/C=C\c2ccc3cccc(OCc4ccccc4)c3n2)cc1OC(C)=O. The van der Waals surface area contributed by atoms with E-state index in [0.29, 0.717) is 18.1 Å². The molecule has 0 N–H and O–H groups in total. The second kappa shape index (κ2) is 9.79. The molecule has 0 fully saturated rings. The Morgan fingerprint density at radius 1 is 0.875 bits per heavy atom. The van der Waals surface area contributed by atoms with Gasteiger partial charge in [0.25, 0.3) is 0 Å². The number of aromatic nitrogens is 1. The summed E-state index contributed by atoms with van der Waals surface area (Å²) in [6.07, 6.45) is 3.82. The van der Waals surface area contributed by atoms with E-state index in [1.54, 1.807) is 12.1 Å². The summed E-state index contributed by atoms with van der Waals surface area (Å²) in [4.78, 5) is 16.1. The summed E-state index contributed by atoms with van der Waals surface area (Å²) in [7, 11) is 1.54. The molecular weight excluding hydrogens is 402 g/mol. The molecule has 0 saturated heterocycles. The zero-order valence-corrected chi connectivity index (χ0v) is 17.9. The number of pyridine rings is 1. The predicted octanol–water partition coefficient (Wildman–Crippen LogP) is 5.92. The van der Waals surface area contributed by atoms with Gasteiger partial charge in [-0.05, 0) is 41.5 Å². The van der Waals surface area contributed by atoms with E-state index in [4.69, 9.17) is 19.2 Å². The van der Waals surface area contributed by atoms with Crippen molar-refractivity contribution in [2.24, 2.45) is 0 Å². The van der Waals surface area contributed by atoms with Crippen LogP contribution in [0.1, 0.15) is 23.7 Å². The number of ether oxygens (including phenoxy) is 3. The average Bonchev–Trinajstić information content (AvgIpc) is 2.81. The van der Waals surface area contributed by atoms with Crippen LogP contribution in [0.2, 0.25) is 0 Å². The third kappa shape index (κ3) is 5.13. The third-order valence-corrected chi connectivity index (χ3v) is 4.83. The summed E-state index contributed by atoms with van der Waals surface area (Å²) in [6, 6.07) is 25.3. The molecule has 0 aliphatic rings. The van der Waals surface area contributed by atoms with Gasteiger partial charge in [0.2, 0.25) is 0 Å². The van der Waals surface area contributed by atoms with E-state index in [2.05, 4.69) is 0 Å². The van der Waals surface area contributed by atoms with Gasteiger partial charge in [0.1, 0.15) is 17.9 Å². The molecule has 0 atom stereocenters. The minimum Gasteiger partial charge on any atom is -0.493 e. The number of benzene rings is 3. The highest BCUT2D eigenvalue weighted by Crippen LogP contribution is 2.29. The van der Waals surface area contributed by atoms with Crippen molar-refractivity contribution in [1.29, 1.82) is 0 Å². The highest BCUT2D eigenvalue weighted by atomic mass is 16.6. The molecule has 1 heterocycles. The number of rotatable bonds is 7. The number of carbonyl (C=O) groups is 1. The maximum atomic E-state index is 11.4. The monoisotopic (exact) mass is 425 g/mol. The zero-order valence-electron chi connectivity index (χ0n) is 17.9. The minimum atomic E-state index is -0.399. The molecule has 0 bridgehead atoms. The lowest BCUT2D eigenvalue weighted by Crippen LogP contribution is -2.03. The van der Waals surface area contributed by atoms with Crippen LogP contribution in [0, 0.1) is 0 Å². The van der Waals surface area contributed by atoms with Crippen LogP contribution in [-0.4, -0.2) is 18.1 Å². The average molecular weight is 425 g/mol. The molecular formula is C27H23NO4. The molecule has 4 rings (SSSR count). The van der Waals surface area contributed by atoms with Crippen molar-refractivity contribution in [3.63, 3.8) is 0 Å². The van der Waals surface area contributed by atoms with Gasteiger partial charge in [-0.25, -0.2) is 4.98 Å². The molecule has 3 aromatic carbocycles. The fraction of sp³-hybridized carbons (Fsp3) is 0.111. The molecule has 5 heteroatoms. The van der Waals surface area contributed by atoms with Crippen LogP contribution in [0.25, 0.3) is 23.1 Å². The second-order valence-corrected chi connectivity index (χ2v) is 7.18. The van der Waals surface area contributed by atoms with Gasteiger partial charge in [0, 0.05) is 12.3 Å². The van der Waals surface area contributed by atoms with Crippen LogP contribution >= 0.6 is 0 Å². The maximum absolute atomic E-state index is 11.4. The van der Waals surface area contributed by atoms with E-state index >= 15 is 0 Å². The Hall–Kier alpha value is -4.12. The Labute approximate surface area is 186 Å². The number of nitrogens with zero attached hydrogens (tertiary/aromatic N) is 1. The molecule has 160 valence electrons. The largest absolute Gasteiger partial charge is 0.493 e. The van der Waals surface area contributed by atoms with E-state index in [1.807, 2.05) is 78.9 Å². The van der Waals surface area contributed by atoms with Crippen molar-refractivity contribution in [2.75, 3.05) is 7.11 Å². The van der Waals surface area contributed by atoms with E-state index < -0.39 is 5.97 Å². The number of esters is 1. The topological polar surface area (TPSA) is 57.6 Å². The summed E-state index contributed by atoms with van der Waals surface area (Å²) in [5.74, 6) is 1.22. The number of fused-ring (bicyclic) bond motifs is 1. The van der Waals surface area contributed by atoms with Gasteiger partial charge >= 0.3 is 5.97 Å². The van der Waals surface area contributed by atoms with Gasteiger partial charge < -0.3 is 14.2 Å². The van der Waals surface area contributed by atoms with Crippen molar-refractivity contribution in [2.45, 2.75) is 13.5 Å². The van der Waals surface area contributed by atoms with Crippen LogP contribution in [0.4, 0.5) is 0 Å². The second-order valence-electron chi connectivity index (χ2n) is 7.18. The quantitative estimate of drug-likeness (QED) is 0.272. The lowest BCUT2D eigenvalue weighted by atomic mass is 10.1. The number of carbonyl (C=O) groups excluding carboxylic acids is 1. The molecule has 0 radical (unpaired) electrons. The van der Waals surface area contributed by atoms with Crippen LogP contribution in [0.15, 0.2) is 78.9 Å². The fourth-order valence-electron chi connectivity index (χ4n) is 3.29. The lowest BCUT2D eigenvalue weighted by Gasteiger charge is -2.10. The summed E-state index contributed by atoms with van der Waals surface area (Å²) in [5.41, 5.74) is 3.56. The van der Waals surface area contributed by atoms with Crippen molar-refractivity contribution in [3.05, 3.63) is 95.7 Å². The molecule has 0 aliphatic carbocycles. The predicted molar refractivity (Wildman–Crippen MR) is 126 cm³/mol. The summed E-state index contributed by atoms with van der Waals surface area (Å²) < 4.78 is 16.5. The summed E-state index contributed by atoms with van der Waals surface area (Å²) in [5, 5.41) is 1.01. The normalized spacial score (nSPS) is 10.9. The third-order valence-electron chi connectivity index (χ3n) is 4.83.